The fourth-order valence-electron chi connectivity index (χ4n) is 3.65. The van der Waals surface area contributed by atoms with E-state index >= 15 is 0 Å². The normalized spacial score (nSPS) is 19.0. The predicted octanol–water partition coefficient (Wildman–Crippen LogP) is 4.88. The van der Waals surface area contributed by atoms with Crippen molar-refractivity contribution in [1.82, 2.24) is 10.6 Å². The molecule has 0 bridgehead atoms. The van der Waals surface area contributed by atoms with Crippen molar-refractivity contribution in [2.45, 2.75) is 33.6 Å². The molecule has 1 fully saturated rings. The number of benzene rings is 1. The van der Waals surface area contributed by atoms with Crippen LogP contribution in [-0.4, -0.2) is 45.0 Å². The molecule has 1 aromatic carbocycles. The van der Waals surface area contributed by atoms with E-state index in [0.29, 0.717) is 49.9 Å². The van der Waals surface area contributed by atoms with Crippen molar-refractivity contribution in [1.29, 1.82) is 0 Å². The summed E-state index contributed by atoms with van der Waals surface area (Å²) in [6, 6.07) is 9.01. The van der Waals surface area contributed by atoms with Crippen LogP contribution in [0.5, 0.6) is 0 Å². The average molecular weight is 481 g/mol. The number of nitroso groups, excluding NO2 is 1. The van der Waals surface area contributed by atoms with Crippen molar-refractivity contribution in [3.8, 4) is 0 Å². The van der Waals surface area contributed by atoms with Gasteiger partial charge >= 0.3 is 0 Å². The number of hydrogen-bond donors (Lipinski definition) is 2. The second-order valence-corrected chi connectivity index (χ2v) is 8.37. The van der Waals surface area contributed by atoms with Gasteiger partial charge in [0.25, 0.3) is 5.91 Å². The maximum atomic E-state index is 12.7. The second-order valence-electron chi connectivity index (χ2n) is 8.37. The zero-order valence-electron chi connectivity index (χ0n) is 20.9. The highest BCUT2D eigenvalue weighted by Gasteiger charge is 2.34. The fraction of sp³-hybridized carbons (Fsp3) is 0.407. The Morgan fingerprint density at radius 3 is 2.71 bits per heavy atom. The Balaban J connectivity index is 2.31. The molecule has 1 heterocycles. The molecule has 35 heavy (non-hydrogen) atoms. The molecule has 0 saturated carbocycles. The first-order valence-corrected chi connectivity index (χ1v) is 11.8. The van der Waals surface area contributed by atoms with E-state index in [0.717, 1.165) is 17.6 Å². The zero-order chi connectivity index (χ0) is 25.5. The van der Waals surface area contributed by atoms with E-state index in [-0.39, 0.29) is 17.9 Å². The van der Waals surface area contributed by atoms with Crippen LogP contribution in [0, 0.1) is 10.3 Å². The summed E-state index contributed by atoms with van der Waals surface area (Å²) in [7, 11) is 0. The van der Waals surface area contributed by atoms with Gasteiger partial charge in [-0.1, -0.05) is 29.5 Å². The summed E-state index contributed by atoms with van der Waals surface area (Å²) < 4.78 is 11.0. The first kappa shape index (κ1) is 27.7. The molecule has 2 N–H and O–H groups in total. The zero-order valence-corrected chi connectivity index (χ0v) is 20.9. The average Bonchev–Trinajstić information content (AvgIpc) is 3.32. The highest BCUT2D eigenvalue weighted by Crippen LogP contribution is 2.34. The maximum Gasteiger partial charge on any atom is 0.255 e. The molecule has 0 aliphatic carbocycles. The minimum Gasteiger partial charge on any atom is -0.480 e. The van der Waals surface area contributed by atoms with Gasteiger partial charge in [0.2, 0.25) is 0 Å². The molecule has 8 heteroatoms. The van der Waals surface area contributed by atoms with E-state index in [1.54, 1.807) is 24.5 Å². The molecule has 2 rings (SSSR count). The summed E-state index contributed by atoms with van der Waals surface area (Å²) in [4.78, 5) is 28.0. The quantitative estimate of drug-likeness (QED) is 0.171. The molecule has 0 spiro atoms. The smallest absolute Gasteiger partial charge is 0.255 e. The van der Waals surface area contributed by atoms with Gasteiger partial charge in [-0.15, -0.1) is 0 Å². The molecule has 1 aliphatic rings. The molecule has 8 nitrogen and oxygen atoms in total. The minimum atomic E-state index is -0.295. The first-order valence-electron chi connectivity index (χ1n) is 11.8. The Kier molecular flexibility index (Phi) is 11.6. The number of nitrogens with one attached hydrogen (secondary N) is 2. The van der Waals surface area contributed by atoms with Crippen molar-refractivity contribution in [3.63, 3.8) is 0 Å². The number of amides is 1. The van der Waals surface area contributed by atoms with Gasteiger partial charge in [0.1, 0.15) is 0 Å². The molecule has 1 unspecified atom stereocenters. The van der Waals surface area contributed by atoms with Crippen molar-refractivity contribution in [3.05, 3.63) is 88.5 Å². The summed E-state index contributed by atoms with van der Waals surface area (Å²) in [5.74, 6) is 0.253. The van der Waals surface area contributed by atoms with E-state index < -0.39 is 0 Å². The van der Waals surface area contributed by atoms with E-state index in [4.69, 9.17) is 9.47 Å². The molecule has 188 valence electrons. The molecular formula is C27H36N4O4. The van der Waals surface area contributed by atoms with E-state index in [2.05, 4.69) is 33.5 Å². The monoisotopic (exact) mass is 480 g/mol. The minimum absolute atomic E-state index is 0.210. The van der Waals surface area contributed by atoms with E-state index in [1.807, 2.05) is 45.0 Å². The number of allylic oxidation sites excluding steroid dienone is 2. The molecular weight excluding hydrogens is 444 g/mol. The van der Waals surface area contributed by atoms with Gasteiger partial charge < -0.3 is 20.1 Å². The summed E-state index contributed by atoms with van der Waals surface area (Å²) in [6.07, 6.45) is 8.66. The van der Waals surface area contributed by atoms with Gasteiger partial charge in [-0.05, 0) is 69.5 Å². The number of carbonyl (C=O) groups is 1. The van der Waals surface area contributed by atoms with E-state index in [1.165, 1.54) is 0 Å². The Hall–Kier alpha value is -3.52. The van der Waals surface area contributed by atoms with Gasteiger partial charge in [0.05, 0.1) is 25.5 Å². The number of carbonyl (C=O) groups excluding carboxylic acids is 1. The van der Waals surface area contributed by atoms with Gasteiger partial charge in [-0.3, -0.25) is 9.79 Å². The van der Waals surface area contributed by atoms with Crippen molar-refractivity contribution in [2.24, 2.45) is 15.6 Å². The lowest BCUT2D eigenvalue weighted by Gasteiger charge is -2.23. The molecule has 1 aromatic rings. The molecule has 1 aliphatic heterocycles. The van der Waals surface area contributed by atoms with Gasteiger partial charge in [-0.25, -0.2) is 0 Å². The molecule has 1 atom stereocenters. The third-order valence-electron chi connectivity index (χ3n) is 5.70. The number of aliphatic imine (C=N–C) groups is 1. The number of ether oxygens (including phenoxy) is 2. The first-order chi connectivity index (χ1) is 16.9. The van der Waals surface area contributed by atoms with Crippen LogP contribution in [0.2, 0.25) is 0 Å². The van der Waals surface area contributed by atoms with Crippen molar-refractivity contribution in [2.75, 3.05) is 32.9 Å². The van der Waals surface area contributed by atoms with Crippen molar-refractivity contribution < 1.29 is 14.3 Å². The van der Waals surface area contributed by atoms with Crippen LogP contribution in [0.1, 0.15) is 44.0 Å². The third-order valence-corrected chi connectivity index (χ3v) is 5.70. The summed E-state index contributed by atoms with van der Waals surface area (Å²) >= 11 is 0. The molecule has 0 aromatic heterocycles. The van der Waals surface area contributed by atoms with Gasteiger partial charge in [-0.2, -0.15) is 4.91 Å². The number of rotatable bonds is 14. The standard InChI is InChI=1S/C27H36N4O4/c1-5-28-18-25(31-26(32)23-10-8-7-9-11-23)16-21(3)24(17-29-22(4)35-6-2)12-13-27(19-30-33)14-15-34-20-27/h5,7-12,16,18,29H,4,6,13-15,17,19-20H2,1-3H3,(H,31,32)/b21-16+,24-12+,25-18+,28-5?. The SMILES string of the molecule is C=C(NCC(=C\CC1(CN=O)CCOC1)/C(C)=C/C(=C\N=CC)NC(=O)c1ccccc1)OCC. The topological polar surface area (TPSA) is 101 Å². The van der Waals surface area contributed by atoms with Crippen molar-refractivity contribution >= 4 is 12.1 Å². The maximum absolute atomic E-state index is 12.7. The summed E-state index contributed by atoms with van der Waals surface area (Å²) in [5.41, 5.74) is 2.71. The molecule has 0 radical (unpaired) electrons. The number of hydrogen-bond acceptors (Lipinski definition) is 7. The summed E-state index contributed by atoms with van der Waals surface area (Å²) in [6.45, 7) is 11.9. The van der Waals surface area contributed by atoms with Crippen LogP contribution in [0.3, 0.4) is 0 Å². The van der Waals surface area contributed by atoms with Gasteiger partial charge in [0.15, 0.2) is 5.88 Å². The Morgan fingerprint density at radius 1 is 1.31 bits per heavy atom. The highest BCUT2D eigenvalue weighted by molar-refractivity contribution is 5.95. The molecule has 1 saturated heterocycles. The lowest BCUT2D eigenvalue weighted by Crippen LogP contribution is -2.25. The van der Waals surface area contributed by atoms with Crippen LogP contribution in [-0.2, 0) is 9.47 Å². The highest BCUT2D eigenvalue weighted by atomic mass is 16.5. The lowest BCUT2D eigenvalue weighted by atomic mass is 9.83. The van der Waals surface area contributed by atoms with Gasteiger partial charge in [0, 0.05) is 36.5 Å². The second kappa shape index (κ2) is 14.7. The lowest BCUT2D eigenvalue weighted by molar-refractivity contribution is 0.0967. The third kappa shape index (κ3) is 9.33. The Bertz CT molecular complexity index is 974. The number of nitrogens with zero attached hydrogens (tertiary/aromatic N) is 2. The Morgan fingerprint density at radius 2 is 2.09 bits per heavy atom. The van der Waals surface area contributed by atoms with Crippen LogP contribution in [0.15, 0.2) is 88.2 Å². The largest absolute Gasteiger partial charge is 0.480 e. The Labute approximate surface area is 207 Å². The molecule has 1 amide bonds. The van der Waals surface area contributed by atoms with E-state index in [9.17, 15) is 9.70 Å². The van der Waals surface area contributed by atoms with Crippen LogP contribution in [0.25, 0.3) is 0 Å². The van der Waals surface area contributed by atoms with Crippen LogP contribution < -0.4 is 10.6 Å². The predicted molar refractivity (Wildman–Crippen MR) is 140 cm³/mol. The van der Waals surface area contributed by atoms with Crippen LogP contribution in [0.4, 0.5) is 0 Å². The fourth-order valence-corrected chi connectivity index (χ4v) is 3.65. The summed E-state index contributed by atoms with van der Waals surface area (Å²) in [5, 5.41) is 9.28. The van der Waals surface area contributed by atoms with Crippen LogP contribution >= 0.6 is 0 Å².